The molecule has 0 bridgehead atoms. The zero-order chi connectivity index (χ0) is 22.4. The van der Waals surface area contributed by atoms with Crippen molar-refractivity contribution in [3.63, 3.8) is 0 Å². The average molecular weight is 543 g/mol. The van der Waals surface area contributed by atoms with Gasteiger partial charge in [0.2, 0.25) is 0 Å². The first-order chi connectivity index (χ1) is 14.9. The number of carbonyl (C=O) groups is 1. The molecule has 0 saturated heterocycles. The number of hydrogen-bond acceptors (Lipinski definition) is 4. The minimum absolute atomic E-state index is 0.280. The zero-order valence-electron chi connectivity index (χ0n) is 16.2. The minimum Gasteiger partial charge on any atom is -0.493 e. The number of nitrogens with zero attached hydrogens (tertiary/aromatic N) is 1. The van der Waals surface area contributed by atoms with E-state index in [0.717, 1.165) is 5.56 Å². The van der Waals surface area contributed by atoms with Crippen LogP contribution in [-0.4, -0.2) is 19.2 Å². The van der Waals surface area contributed by atoms with Gasteiger partial charge in [-0.15, -0.1) is 0 Å². The molecule has 3 aromatic carbocycles. The van der Waals surface area contributed by atoms with E-state index in [1.54, 1.807) is 30.3 Å². The van der Waals surface area contributed by atoms with E-state index in [4.69, 9.17) is 44.3 Å². The van der Waals surface area contributed by atoms with Gasteiger partial charge in [-0.3, -0.25) is 4.79 Å². The predicted molar refractivity (Wildman–Crippen MR) is 128 cm³/mol. The second kappa shape index (κ2) is 10.9. The van der Waals surface area contributed by atoms with Gasteiger partial charge in [0.1, 0.15) is 6.61 Å². The number of hydrogen-bond donors (Lipinski definition) is 1. The lowest BCUT2D eigenvalue weighted by Crippen LogP contribution is -2.17. The highest BCUT2D eigenvalue weighted by Crippen LogP contribution is 2.37. The average Bonchev–Trinajstić information content (AvgIpc) is 2.75. The maximum atomic E-state index is 12.2. The van der Waals surface area contributed by atoms with Gasteiger partial charge in [0, 0.05) is 16.1 Å². The Kier molecular flexibility index (Phi) is 8.21. The van der Waals surface area contributed by atoms with Crippen LogP contribution < -0.4 is 14.9 Å². The lowest BCUT2D eigenvalue weighted by molar-refractivity contribution is 0.0955. The maximum Gasteiger partial charge on any atom is 0.271 e. The van der Waals surface area contributed by atoms with Gasteiger partial charge in [-0.25, -0.2) is 5.43 Å². The van der Waals surface area contributed by atoms with Crippen LogP contribution in [0, 0.1) is 0 Å². The van der Waals surface area contributed by atoms with Crippen molar-refractivity contribution in [3.05, 3.63) is 90.8 Å². The van der Waals surface area contributed by atoms with E-state index >= 15 is 0 Å². The van der Waals surface area contributed by atoms with Crippen LogP contribution in [-0.2, 0) is 6.61 Å². The predicted octanol–water partition coefficient (Wildman–Crippen LogP) is 6.76. The fraction of sp³-hybridized carbons (Fsp3) is 0.0909. The number of carbonyl (C=O) groups excluding carboxylic acids is 1. The molecule has 0 saturated carbocycles. The Labute approximate surface area is 203 Å². The first-order valence-electron chi connectivity index (χ1n) is 8.91. The number of nitrogens with one attached hydrogen (secondary N) is 1. The number of ether oxygens (including phenoxy) is 2. The Bertz CT molecular complexity index is 1140. The van der Waals surface area contributed by atoms with Crippen molar-refractivity contribution in [2.45, 2.75) is 6.61 Å². The second-order valence-electron chi connectivity index (χ2n) is 6.24. The Morgan fingerprint density at radius 1 is 1.06 bits per heavy atom. The quantitative estimate of drug-likeness (QED) is 0.265. The molecule has 160 valence electrons. The summed E-state index contributed by atoms with van der Waals surface area (Å²) in [6.07, 6.45) is 1.49. The molecule has 1 amide bonds. The number of rotatable bonds is 7. The Balaban J connectivity index is 1.70. The van der Waals surface area contributed by atoms with Gasteiger partial charge in [-0.2, -0.15) is 5.10 Å². The maximum absolute atomic E-state index is 12.2. The number of amides is 1. The van der Waals surface area contributed by atoms with Crippen LogP contribution in [0.15, 0.2) is 64.2 Å². The van der Waals surface area contributed by atoms with E-state index < -0.39 is 5.91 Å². The molecule has 31 heavy (non-hydrogen) atoms. The second-order valence-corrected chi connectivity index (χ2v) is 8.32. The smallest absolute Gasteiger partial charge is 0.271 e. The van der Waals surface area contributed by atoms with Crippen molar-refractivity contribution in [3.8, 4) is 11.5 Å². The molecule has 3 rings (SSSR count). The molecule has 0 radical (unpaired) electrons. The highest BCUT2D eigenvalue weighted by atomic mass is 79.9. The lowest BCUT2D eigenvalue weighted by Gasteiger charge is -2.14. The first-order valence-corrected chi connectivity index (χ1v) is 10.8. The van der Waals surface area contributed by atoms with Crippen LogP contribution in [0.5, 0.6) is 11.5 Å². The van der Waals surface area contributed by atoms with Gasteiger partial charge in [0.05, 0.1) is 27.8 Å². The summed E-state index contributed by atoms with van der Waals surface area (Å²) < 4.78 is 12.0. The van der Waals surface area contributed by atoms with Crippen molar-refractivity contribution in [2.75, 3.05) is 7.11 Å². The molecule has 3 aromatic rings. The fourth-order valence-corrected chi connectivity index (χ4v) is 3.65. The lowest BCUT2D eigenvalue weighted by atomic mass is 10.2. The standard InChI is InChI=1S/C22H16BrCl3N2O3/c1-30-20-9-13(11-27-28-22(29)14-6-7-18(25)19(26)10-14)8-16(23)21(20)31-12-15-4-2-3-5-17(15)24/h2-11H,12H2,1H3,(H,28,29)/b27-11+. The molecule has 1 N–H and O–H groups in total. The molecule has 0 atom stereocenters. The topological polar surface area (TPSA) is 59.9 Å². The number of halogens is 4. The molecule has 0 aromatic heterocycles. The molecule has 0 aliphatic heterocycles. The SMILES string of the molecule is COc1cc(/C=N/NC(=O)c2ccc(Cl)c(Cl)c2)cc(Br)c1OCc1ccccc1Cl. The Hall–Kier alpha value is -2.25. The van der Waals surface area contributed by atoms with Gasteiger partial charge >= 0.3 is 0 Å². The molecular weight excluding hydrogens is 527 g/mol. The summed E-state index contributed by atoms with van der Waals surface area (Å²) in [5, 5.41) is 5.27. The molecule has 0 fully saturated rings. The summed E-state index contributed by atoms with van der Waals surface area (Å²) in [6.45, 7) is 0.280. The highest BCUT2D eigenvalue weighted by Gasteiger charge is 2.13. The van der Waals surface area contributed by atoms with E-state index in [-0.39, 0.29) is 6.61 Å². The summed E-state index contributed by atoms with van der Waals surface area (Å²) in [4.78, 5) is 12.2. The molecule has 5 nitrogen and oxygen atoms in total. The molecule has 0 aliphatic rings. The normalized spacial score (nSPS) is 10.9. The third-order valence-corrected chi connectivity index (χ3v) is 5.84. The van der Waals surface area contributed by atoms with Gasteiger partial charge < -0.3 is 9.47 Å². The van der Waals surface area contributed by atoms with Crippen LogP contribution in [0.4, 0.5) is 0 Å². The molecule has 0 spiro atoms. The summed E-state index contributed by atoms with van der Waals surface area (Å²) >= 11 is 21.5. The highest BCUT2D eigenvalue weighted by molar-refractivity contribution is 9.10. The van der Waals surface area contributed by atoms with Crippen LogP contribution in [0.3, 0.4) is 0 Å². The summed E-state index contributed by atoms with van der Waals surface area (Å²) in [7, 11) is 1.54. The van der Waals surface area contributed by atoms with Crippen molar-refractivity contribution >= 4 is 62.9 Å². The summed E-state index contributed by atoms with van der Waals surface area (Å²) in [5.41, 5.74) is 4.33. The summed E-state index contributed by atoms with van der Waals surface area (Å²) in [6, 6.07) is 15.5. The van der Waals surface area contributed by atoms with E-state index in [1.165, 1.54) is 19.4 Å². The van der Waals surface area contributed by atoms with Crippen molar-refractivity contribution in [1.82, 2.24) is 5.43 Å². The van der Waals surface area contributed by atoms with E-state index in [2.05, 4.69) is 26.5 Å². The molecule has 0 heterocycles. The minimum atomic E-state index is -0.416. The van der Waals surface area contributed by atoms with Gasteiger partial charge in [0.25, 0.3) is 5.91 Å². The van der Waals surface area contributed by atoms with E-state index in [9.17, 15) is 4.79 Å². The number of methoxy groups -OCH3 is 1. The van der Waals surface area contributed by atoms with Crippen molar-refractivity contribution in [1.29, 1.82) is 0 Å². The van der Waals surface area contributed by atoms with Crippen molar-refractivity contribution < 1.29 is 14.3 Å². The van der Waals surface area contributed by atoms with Gasteiger partial charge in [-0.1, -0.05) is 53.0 Å². The summed E-state index contributed by atoms with van der Waals surface area (Å²) in [5.74, 6) is 0.610. The van der Waals surface area contributed by atoms with Gasteiger partial charge in [-0.05, 0) is 57.9 Å². The van der Waals surface area contributed by atoms with Crippen molar-refractivity contribution in [2.24, 2.45) is 5.10 Å². The van der Waals surface area contributed by atoms with E-state index in [1.807, 2.05) is 18.2 Å². The van der Waals surface area contributed by atoms with Crippen LogP contribution in [0.25, 0.3) is 0 Å². The Morgan fingerprint density at radius 2 is 1.84 bits per heavy atom. The monoisotopic (exact) mass is 540 g/mol. The van der Waals surface area contributed by atoms with E-state index in [0.29, 0.717) is 42.2 Å². The molecule has 0 aliphatic carbocycles. The van der Waals surface area contributed by atoms with Gasteiger partial charge in [0.15, 0.2) is 11.5 Å². The largest absolute Gasteiger partial charge is 0.493 e. The Morgan fingerprint density at radius 3 is 2.55 bits per heavy atom. The zero-order valence-corrected chi connectivity index (χ0v) is 20.0. The third kappa shape index (κ3) is 6.14. The van der Waals surface area contributed by atoms with Crippen LogP contribution in [0.2, 0.25) is 15.1 Å². The molecular formula is C22H16BrCl3N2O3. The van der Waals surface area contributed by atoms with Crippen LogP contribution in [0.1, 0.15) is 21.5 Å². The number of benzene rings is 3. The molecule has 0 unspecified atom stereocenters. The van der Waals surface area contributed by atoms with Crippen LogP contribution >= 0.6 is 50.7 Å². The fourth-order valence-electron chi connectivity index (χ4n) is 2.59. The first kappa shape index (κ1) is 23.4. The molecule has 9 heteroatoms. The number of hydrazone groups is 1. The third-order valence-electron chi connectivity index (χ3n) is 4.14.